The number of thioether (sulfide) groups is 2. The van der Waals surface area contributed by atoms with Crippen molar-refractivity contribution in [3.63, 3.8) is 0 Å². The van der Waals surface area contributed by atoms with Crippen LogP contribution in [0.25, 0.3) is 0 Å². The zero-order chi connectivity index (χ0) is 28.4. The molecule has 1 saturated heterocycles. The van der Waals surface area contributed by atoms with Crippen molar-refractivity contribution < 1.29 is 14.3 Å². The van der Waals surface area contributed by atoms with Gasteiger partial charge in [-0.1, -0.05) is 54.2 Å². The van der Waals surface area contributed by atoms with Gasteiger partial charge in [-0.2, -0.15) is 0 Å². The molecule has 0 aromatic heterocycles. The molecule has 40 heavy (non-hydrogen) atoms. The summed E-state index contributed by atoms with van der Waals surface area (Å²) in [6, 6.07) is 23.3. The van der Waals surface area contributed by atoms with E-state index in [1.54, 1.807) is 28.8 Å². The van der Waals surface area contributed by atoms with Crippen molar-refractivity contribution >= 4 is 57.6 Å². The van der Waals surface area contributed by atoms with E-state index in [0.29, 0.717) is 34.4 Å². The van der Waals surface area contributed by atoms with Crippen LogP contribution in [0.5, 0.6) is 0 Å². The largest absolute Gasteiger partial charge is 0.456 e. The average molecular weight is 573 g/mol. The Bertz CT molecular complexity index is 1510. The van der Waals surface area contributed by atoms with Gasteiger partial charge in [0.15, 0.2) is 5.17 Å². The second-order valence-electron chi connectivity index (χ2n) is 10.4. The van der Waals surface area contributed by atoms with Gasteiger partial charge in [0.2, 0.25) is 0 Å². The van der Waals surface area contributed by atoms with Gasteiger partial charge in [0, 0.05) is 18.5 Å². The zero-order valence-electron chi connectivity index (χ0n) is 23.2. The number of esters is 1. The smallest absolute Gasteiger partial charge is 0.338 e. The van der Waals surface area contributed by atoms with Crippen LogP contribution in [0.1, 0.15) is 43.6 Å². The van der Waals surface area contributed by atoms with Gasteiger partial charge in [0.25, 0.3) is 5.91 Å². The third-order valence-electron chi connectivity index (χ3n) is 6.19. The number of carbonyl (C=O) groups excluding carboxylic acids is 2. The van der Waals surface area contributed by atoms with Crippen LogP contribution < -0.4 is 10.2 Å². The maximum atomic E-state index is 14.0. The van der Waals surface area contributed by atoms with E-state index >= 15 is 0 Å². The number of aliphatic imine (C=N–C) groups is 1. The summed E-state index contributed by atoms with van der Waals surface area (Å²) in [5.41, 5.74) is 3.20. The highest BCUT2D eigenvalue weighted by Crippen LogP contribution is 2.50. The van der Waals surface area contributed by atoms with E-state index in [-0.39, 0.29) is 5.91 Å². The van der Waals surface area contributed by atoms with Crippen molar-refractivity contribution in [1.82, 2.24) is 4.90 Å². The Morgan fingerprint density at radius 3 is 2.42 bits per heavy atom. The van der Waals surface area contributed by atoms with E-state index in [1.807, 2.05) is 83.3 Å². The maximum absolute atomic E-state index is 14.0. The monoisotopic (exact) mass is 572 g/mol. The average Bonchev–Trinajstić information content (AvgIpc) is 3.41. The van der Waals surface area contributed by atoms with E-state index in [1.165, 1.54) is 11.8 Å². The summed E-state index contributed by atoms with van der Waals surface area (Å²) in [5, 5.41) is 4.77. The Morgan fingerprint density at radius 2 is 1.73 bits per heavy atom. The topological polar surface area (TPSA) is 74.2 Å². The first-order valence-electron chi connectivity index (χ1n) is 13.1. The molecule has 1 N–H and O–H groups in total. The van der Waals surface area contributed by atoms with E-state index in [2.05, 4.69) is 22.3 Å². The number of benzene rings is 3. The van der Waals surface area contributed by atoms with Gasteiger partial charge in [-0.05, 0) is 75.4 Å². The normalized spacial score (nSPS) is 17.9. The van der Waals surface area contributed by atoms with Crippen LogP contribution in [0.2, 0.25) is 0 Å². The molecular formula is C31H32N4O3S2. The van der Waals surface area contributed by atoms with Crippen LogP contribution in [-0.4, -0.2) is 41.1 Å². The molecule has 3 aromatic rings. The molecule has 0 aliphatic carbocycles. The van der Waals surface area contributed by atoms with Gasteiger partial charge in [0.1, 0.15) is 10.5 Å². The van der Waals surface area contributed by atoms with E-state index in [0.717, 1.165) is 26.9 Å². The Balaban J connectivity index is 1.58. The fourth-order valence-electron chi connectivity index (χ4n) is 4.36. The first-order chi connectivity index (χ1) is 19.1. The van der Waals surface area contributed by atoms with E-state index < -0.39 is 11.6 Å². The van der Waals surface area contributed by atoms with Crippen molar-refractivity contribution in [2.24, 2.45) is 4.99 Å². The van der Waals surface area contributed by atoms with Crippen LogP contribution >= 0.6 is 23.5 Å². The summed E-state index contributed by atoms with van der Waals surface area (Å²) in [6.07, 6.45) is 0. The maximum Gasteiger partial charge on any atom is 0.338 e. The number of carbonyl (C=O) groups is 2. The molecule has 1 fully saturated rings. The Labute approximate surface area is 243 Å². The van der Waals surface area contributed by atoms with Crippen molar-refractivity contribution in [2.45, 2.75) is 44.7 Å². The third-order valence-corrected chi connectivity index (χ3v) is 8.63. The second-order valence-corrected chi connectivity index (χ2v) is 12.4. The van der Waals surface area contributed by atoms with Crippen LogP contribution in [0.15, 0.2) is 92.6 Å². The lowest BCUT2D eigenvalue weighted by Crippen LogP contribution is -2.29. The molecule has 0 unspecified atom stereocenters. The minimum atomic E-state index is -0.618. The highest BCUT2D eigenvalue weighted by atomic mass is 32.2. The van der Waals surface area contributed by atoms with E-state index in [4.69, 9.17) is 9.73 Å². The number of amides is 1. The number of para-hydroxylation sites is 1. The number of hydrogen-bond donors (Lipinski definition) is 1. The molecule has 0 spiro atoms. The molecule has 1 amide bonds. The number of ether oxygens (including phenoxy) is 1. The Kier molecular flexibility index (Phi) is 7.96. The lowest BCUT2D eigenvalue weighted by molar-refractivity contribution is -0.122. The summed E-state index contributed by atoms with van der Waals surface area (Å²) >= 11 is 2.96. The summed E-state index contributed by atoms with van der Waals surface area (Å²) < 4.78 is 5.60. The number of hydrogen-bond acceptors (Lipinski definition) is 8. The molecule has 9 heteroatoms. The summed E-state index contributed by atoms with van der Waals surface area (Å²) in [7, 11) is 1.99. The predicted octanol–water partition coefficient (Wildman–Crippen LogP) is 7.25. The Hall–Kier alpha value is -3.69. The van der Waals surface area contributed by atoms with Gasteiger partial charge in [-0.3, -0.25) is 9.69 Å². The highest BCUT2D eigenvalue weighted by molar-refractivity contribution is 8.19. The third kappa shape index (κ3) is 5.90. The van der Waals surface area contributed by atoms with Gasteiger partial charge in [-0.25, -0.2) is 9.79 Å². The van der Waals surface area contributed by atoms with Gasteiger partial charge < -0.3 is 15.0 Å². The summed E-state index contributed by atoms with van der Waals surface area (Å²) in [6.45, 7) is 8.58. The lowest BCUT2D eigenvalue weighted by atomic mass is 10.1. The standard InChI is InChI=1S/C31H32N4O3S2/c1-6-32-22-17-16-21(29(37)38-31(2,3)4)18-23(22)33-30-35(19-20-12-8-7-9-13-20)27(36)26(40-30)28-34(5)24-14-10-11-15-25(24)39-28/h7-18,32H,6,19H2,1-5H3/b28-26+,33-30?. The first kappa shape index (κ1) is 27.9. The fraction of sp³-hybridized carbons (Fsp3) is 0.258. The zero-order valence-corrected chi connectivity index (χ0v) is 24.9. The van der Waals surface area contributed by atoms with E-state index in [9.17, 15) is 9.59 Å². The second kappa shape index (κ2) is 11.4. The summed E-state index contributed by atoms with van der Waals surface area (Å²) in [5.74, 6) is -0.513. The minimum absolute atomic E-state index is 0.0944. The SMILES string of the molecule is CCNc1ccc(C(=O)OC(C)(C)C)cc1N=C1S/C(=C2/Sc3ccccc3N2C)C(=O)N1Cc1ccccc1. The quantitative estimate of drug-likeness (QED) is 0.246. The van der Waals surface area contributed by atoms with Gasteiger partial charge in [0.05, 0.1) is 34.2 Å². The predicted molar refractivity (Wildman–Crippen MR) is 165 cm³/mol. The molecule has 0 radical (unpaired) electrons. The highest BCUT2D eigenvalue weighted by Gasteiger charge is 2.39. The molecule has 5 rings (SSSR count). The van der Waals surface area contributed by atoms with Crippen LogP contribution in [0.4, 0.5) is 17.1 Å². The number of nitrogens with one attached hydrogen (secondary N) is 1. The molecule has 2 heterocycles. The van der Waals surface area contributed by atoms with Crippen molar-refractivity contribution in [3.8, 4) is 0 Å². The molecule has 0 atom stereocenters. The molecular weight excluding hydrogens is 541 g/mol. The Morgan fingerprint density at radius 1 is 1.00 bits per heavy atom. The van der Waals surface area contributed by atoms with Crippen molar-refractivity contribution in [2.75, 3.05) is 23.8 Å². The van der Waals surface area contributed by atoms with Crippen LogP contribution in [0, 0.1) is 0 Å². The molecule has 0 bridgehead atoms. The number of fused-ring (bicyclic) bond motifs is 1. The molecule has 2 aliphatic heterocycles. The molecule has 2 aliphatic rings. The lowest BCUT2D eigenvalue weighted by Gasteiger charge is -2.20. The molecule has 7 nitrogen and oxygen atoms in total. The van der Waals surface area contributed by atoms with Crippen LogP contribution in [-0.2, 0) is 16.1 Å². The molecule has 0 saturated carbocycles. The number of rotatable bonds is 6. The number of nitrogens with zero attached hydrogens (tertiary/aromatic N) is 3. The minimum Gasteiger partial charge on any atom is -0.456 e. The van der Waals surface area contributed by atoms with Crippen molar-refractivity contribution in [3.05, 3.63) is 93.9 Å². The van der Waals surface area contributed by atoms with Crippen molar-refractivity contribution in [1.29, 1.82) is 0 Å². The number of anilines is 2. The van der Waals surface area contributed by atoms with Gasteiger partial charge in [-0.15, -0.1) is 0 Å². The molecule has 206 valence electrons. The van der Waals surface area contributed by atoms with Crippen LogP contribution in [0.3, 0.4) is 0 Å². The fourth-order valence-corrected chi connectivity index (χ4v) is 6.69. The molecule has 3 aromatic carbocycles. The first-order valence-corrected chi connectivity index (χ1v) is 14.8. The summed E-state index contributed by atoms with van der Waals surface area (Å²) in [4.78, 5) is 37.4. The van der Waals surface area contributed by atoms with Gasteiger partial charge >= 0.3 is 5.97 Å². The number of amidine groups is 1.